The van der Waals surface area contributed by atoms with Crippen molar-refractivity contribution in [3.63, 3.8) is 0 Å². The first-order valence-electron chi connectivity index (χ1n) is 4.28. The Bertz CT molecular complexity index is 360. The van der Waals surface area contributed by atoms with Crippen LogP contribution in [0.25, 0.3) is 0 Å². The third-order valence-electron chi connectivity index (χ3n) is 1.95. The molecule has 0 unspecified atom stereocenters. The molecule has 74 valence electrons. The van der Waals surface area contributed by atoms with Gasteiger partial charge in [-0.05, 0) is 43.2 Å². The van der Waals surface area contributed by atoms with Crippen molar-refractivity contribution in [1.29, 1.82) is 0 Å². The maximum absolute atomic E-state index is 11.1. The zero-order valence-corrected chi connectivity index (χ0v) is 8.29. The second-order valence-electron chi connectivity index (χ2n) is 3.15. The molecule has 0 aliphatic heterocycles. The number of amides is 1. The average Bonchev–Trinajstić information content (AvgIpc) is 2.10. The molecule has 2 N–H and O–H groups in total. The highest BCUT2D eigenvalue weighted by molar-refractivity contribution is 6.00. The van der Waals surface area contributed by atoms with E-state index in [-0.39, 0.29) is 11.7 Å². The predicted octanol–water partition coefficient (Wildman–Crippen LogP) is 2.13. The molecule has 0 aliphatic rings. The van der Waals surface area contributed by atoms with Gasteiger partial charge < -0.3 is 10.4 Å². The summed E-state index contributed by atoms with van der Waals surface area (Å²) in [4.78, 5) is 11.1. The van der Waals surface area contributed by atoms with Gasteiger partial charge in [0.2, 0.25) is 5.91 Å². The standard InChI is InChI=1S/C11H13NO2/c1-4-10(14)12-11-7(2)5-9(13)6-8(11)3/h4-6,13H,1H2,2-3H3,(H,12,14). The number of anilines is 1. The second-order valence-corrected chi connectivity index (χ2v) is 3.15. The average molecular weight is 191 g/mol. The highest BCUT2D eigenvalue weighted by Gasteiger charge is 2.06. The molecule has 0 aliphatic carbocycles. The summed E-state index contributed by atoms with van der Waals surface area (Å²) in [5, 5.41) is 12.0. The van der Waals surface area contributed by atoms with Gasteiger partial charge in [-0.25, -0.2) is 0 Å². The number of nitrogens with one attached hydrogen (secondary N) is 1. The Labute approximate surface area is 83.1 Å². The van der Waals surface area contributed by atoms with E-state index < -0.39 is 0 Å². The van der Waals surface area contributed by atoms with Crippen LogP contribution in [0.1, 0.15) is 11.1 Å². The Hall–Kier alpha value is -1.77. The molecule has 1 rings (SSSR count). The number of aromatic hydroxyl groups is 1. The molecule has 1 aromatic rings. The number of hydrogen-bond donors (Lipinski definition) is 2. The minimum absolute atomic E-state index is 0.205. The van der Waals surface area contributed by atoms with Crippen LogP contribution in [0.3, 0.4) is 0 Å². The number of phenols is 1. The summed E-state index contributed by atoms with van der Waals surface area (Å²) in [6.07, 6.45) is 1.21. The second kappa shape index (κ2) is 3.96. The van der Waals surface area contributed by atoms with Gasteiger partial charge in [0, 0.05) is 5.69 Å². The van der Waals surface area contributed by atoms with Crippen molar-refractivity contribution in [1.82, 2.24) is 0 Å². The number of aryl methyl sites for hydroxylation is 2. The lowest BCUT2D eigenvalue weighted by Crippen LogP contribution is -2.09. The van der Waals surface area contributed by atoms with Crippen molar-refractivity contribution in [2.75, 3.05) is 5.32 Å². The van der Waals surface area contributed by atoms with Gasteiger partial charge in [0.25, 0.3) is 0 Å². The maximum atomic E-state index is 11.1. The molecular weight excluding hydrogens is 178 g/mol. The van der Waals surface area contributed by atoms with Crippen LogP contribution in [-0.4, -0.2) is 11.0 Å². The highest BCUT2D eigenvalue weighted by Crippen LogP contribution is 2.25. The van der Waals surface area contributed by atoms with Crippen LogP contribution in [0.4, 0.5) is 5.69 Å². The van der Waals surface area contributed by atoms with Gasteiger partial charge in [0.1, 0.15) is 5.75 Å². The lowest BCUT2D eigenvalue weighted by Gasteiger charge is -2.10. The van der Waals surface area contributed by atoms with Crippen LogP contribution in [-0.2, 0) is 4.79 Å². The number of benzene rings is 1. The Morgan fingerprint density at radius 2 is 1.93 bits per heavy atom. The van der Waals surface area contributed by atoms with Crippen molar-refractivity contribution in [3.8, 4) is 5.75 Å². The summed E-state index contributed by atoms with van der Waals surface area (Å²) in [6, 6.07) is 3.21. The van der Waals surface area contributed by atoms with Crippen LogP contribution >= 0.6 is 0 Å². The summed E-state index contributed by atoms with van der Waals surface area (Å²) in [5.74, 6) is -0.0431. The summed E-state index contributed by atoms with van der Waals surface area (Å²) in [6.45, 7) is 7.02. The monoisotopic (exact) mass is 191 g/mol. The van der Waals surface area contributed by atoms with Crippen LogP contribution in [0.15, 0.2) is 24.8 Å². The molecule has 0 saturated carbocycles. The molecule has 0 fully saturated rings. The number of phenolic OH excluding ortho intramolecular Hbond substituents is 1. The zero-order chi connectivity index (χ0) is 10.7. The van der Waals surface area contributed by atoms with E-state index in [4.69, 9.17) is 0 Å². The molecule has 3 heteroatoms. The largest absolute Gasteiger partial charge is 0.508 e. The van der Waals surface area contributed by atoms with Crippen LogP contribution in [0.2, 0.25) is 0 Å². The van der Waals surface area contributed by atoms with Gasteiger partial charge in [-0.15, -0.1) is 0 Å². The van der Waals surface area contributed by atoms with Crippen LogP contribution in [0, 0.1) is 13.8 Å². The molecule has 0 spiro atoms. The first kappa shape index (κ1) is 10.3. The molecule has 0 heterocycles. The van der Waals surface area contributed by atoms with Gasteiger partial charge in [0.15, 0.2) is 0 Å². The van der Waals surface area contributed by atoms with Crippen molar-refractivity contribution < 1.29 is 9.90 Å². The van der Waals surface area contributed by atoms with Crippen molar-refractivity contribution in [2.45, 2.75) is 13.8 Å². The molecule has 0 aromatic heterocycles. The molecule has 0 atom stereocenters. The molecule has 3 nitrogen and oxygen atoms in total. The lowest BCUT2D eigenvalue weighted by molar-refractivity contribution is -0.111. The quantitative estimate of drug-likeness (QED) is 0.555. The molecule has 14 heavy (non-hydrogen) atoms. The number of hydrogen-bond acceptors (Lipinski definition) is 2. The van der Waals surface area contributed by atoms with Crippen molar-refractivity contribution in [2.24, 2.45) is 0 Å². The molecule has 0 radical (unpaired) electrons. The molecule has 1 aromatic carbocycles. The zero-order valence-electron chi connectivity index (χ0n) is 8.29. The summed E-state index contributed by atoms with van der Waals surface area (Å²) < 4.78 is 0. The predicted molar refractivity (Wildman–Crippen MR) is 56.4 cm³/mol. The molecule has 1 amide bonds. The van der Waals surface area contributed by atoms with E-state index in [1.807, 2.05) is 13.8 Å². The van der Waals surface area contributed by atoms with Crippen molar-refractivity contribution in [3.05, 3.63) is 35.9 Å². The third kappa shape index (κ3) is 2.13. The summed E-state index contributed by atoms with van der Waals surface area (Å²) >= 11 is 0. The SMILES string of the molecule is C=CC(=O)Nc1c(C)cc(O)cc1C. The lowest BCUT2D eigenvalue weighted by atomic mass is 10.1. The van der Waals surface area contributed by atoms with Gasteiger partial charge in [-0.1, -0.05) is 6.58 Å². The van der Waals surface area contributed by atoms with Gasteiger partial charge in [-0.3, -0.25) is 4.79 Å². The topological polar surface area (TPSA) is 49.3 Å². The fraction of sp³-hybridized carbons (Fsp3) is 0.182. The minimum atomic E-state index is -0.248. The molecular formula is C11H13NO2. The van der Waals surface area contributed by atoms with Gasteiger partial charge in [0.05, 0.1) is 0 Å². The van der Waals surface area contributed by atoms with E-state index in [2.05, 4.69) is 11.9 Å². The number of carbonyl (C=O) groups is 1. The third-order valence-corrected chi connectivity index (χ3v) is 1.95. The molecule has 0 saturated heterocycles. The highest BCUT2D eigenvalue weighted by atomic mass is 16.3. The van der Waals surface area contributed by atoms with Gasteiger partial charge in [-0.2, -0.15) is 0 Å². The van der Waals surface area contributed by atoms with Crippen LogP contribution in [0.5, 0.6) is 5.75 Å². The Morgan fingerprint density at radius 1 is 1.43 bits per heavy atom. The fourth-order valence-corrected chi connectivity index (χ4v) is 1.31. The number of rotatable bonds is 2. The van der Waals surface area contributed by atoms with Crippen molar-refractivity contribution >= 4 is 11.6 Å². The van der Waals surface area contributed by atoms with E-state index in [1.54, 1.807) is 12.1 Å². The van der Waals surface area contributed by atoms with Crippen LogP contribution < -0.4 is 5.32 Å². The van der Waals surface area contributed by atoms with E-state index in [0.29, 0.717) is 0 Å². The Balaban J connectivity index is 3.08. The Morgan fingerprint density at radius 3 is 2.36 bits per heavy atom. The summed E-state index contributed by atoms with van der Waals surface area (Å²) in [7, 11) is 0. The Kier molecular flexibility index (Phi) is 2.92. The van der Waals surface area contributed by atoms with E-state index in [0.717, 1.165) is 16.8 Å². The van der Waals surface area contributed by atoms with E-state index in [9.17, 15) is 9.90 Å². The first-order valence-corrected chi connectivity index (χ1v) is 4.28. The smallest absolute Gasteiger partial charge is 0.247 e. The van der Waals surface area contributed by atoms with E-state index in [1.165, 1.54) is 6.08 Å². The molecule has 0 bridgehead atoms. The summed E-state index contributed by atoms with van der Waals surface area (Å²) in [5.41, 5.74) is 2.39. The maximum Gasteiger partial charge on any atom is 0.247 e. The normalized spacial score (nSPS) is 9.57. The van der Waals surface area contributed by atoms with Gasteiger partial charge >= 0.3 is 0 Å². The first-order chi connectivity index (χ1) is 6.54. The fourth-order valence-electron chi connectivity index (χ4n) is 1.31. The minimum Gasteiger partial charge on any atom is -0.508 e. The van der Waals surface area contributed by atoms with E-state index >= 15 is 0 Å². The number of carbonyl (C=O) groups excluding carboxylic acids is 1.